The SMILES string of the molecule is CC(C)S(=O)(=O)N1CCc2nc(NC(=O)C[C@H]3CCN(C#N)C3)sc2C1. The van der Waals surface area contributed by atoms with E-state index in [0.717, 1.165) is 17.0 Å². The number of aromatic nitrogens is 1. The van der Waals surface area contributed by atoms with E-state index in [0.29, 0.717) is 44.2 Å². The van der Waals surface area contributed by atoms with Crippen molar-refractivity contribution in [2.45, 2.75) is 44.9 Å². The minimum absolute atomic E-state index is 0.104. The second-order valence-corrected chi connectivity index (χ2v) is 10.6. The molecule has 0 bridgehead atoms. The van der Waals surface area contributed by atoms with Crippen molar-refractivity contribution < 1.29 is 13.2 Å². The quantitative estimate of drug-likeness (QED) is 0.752. The number of rotatable bonds is 5. The van der Waals surface area contributed by atoms with Crippen molar-refractivity contribution in [3.63, 3.8) is 0 Å². The Morgan fingerprint density at radius 2 is 2.23 bits per heavy atom. The molecule has 1 N–H and O–H groups in total. The summed E-state index contributed by atoms with van der Waals surface area (Å²) in [4.78, 5) is 19.3. The Balaban J connectivity index is 1.60. The average molecular weight is 398 g/mol. The Kier molecular flexibility index (Phi) is 5.50. The van der Waals surface area contributed by atoms with Crippen molar-refractivity contribution in [1.29, 1.82) is 5.26 Å². The molecule has 1 aromatic rings. The molecule has 142 valence electrons. The smallest absolute Gasteiger partial charge is 0.226 e. The number of likely N-dealkylation sites (tertiary alicyclic amines) is 1. The molecule has 1 atom stereocenters. The highest BCUT2D eigenvalue weighted by atomic mass is 32.2. The number of carbonyl (C=O) groups excluding carboxylic acids is 1. The molecule has 0 radical (unpaired) electrons. The number of carbonyl (C=O) groups is 1. The molecule has 0 saturated carbocycles. The normalized spacial score (nSPS) is 20.8. The Labute approximate surface area is 157 Å². The van der Waals surface area contributed by atoms with Crippen molar-refractivity contribution in [2.24, 2.45) is 5.92 Å². The van der Waals surface area contributed by atoms with Crippen LogP contribution in [0.3, 0.4) is 0 Å². The van der Waals surface area contributed by atoms with E-state index in [-0.39, 0.29) is 11.8 Å². The summed E-state index contributed by atoms with van der Waals surface area (Å²) in [7, 11) is -3.29. The Bertz CT molecular complexity index is 827. The number of hydrogen-bond donors (Lipinski definition) is 1. The second-order valence-electron chi connectivity index (χ2n) is 7.02. The first-order chi connectivity index (χ1) is 12.3. The summed E-state index contributed by atoms with van der Waals surface area (Å²) in [5.74, 6) is 0.0865. The van der Waals surface area contributed by atoms with Gasteiger partial charge in [0.25, 0.3) is 0 Å². The molecular formula is C16H23N5O3S2. The first kappa shape index (κ1) is 19.1. The van der Waals surface area contributed by atoms with Gasteiger partial charge in [-0.05, 0) is 26.2 Å². The molecule has 1 amide bonds. The molecule has 2 aliphatic heterocycles. The van der Waals surface area contributed by atoms with Gasteiger partial charge in [0.05, 0.1) is 10.9 Å². The molecule has 2 aliphatic rings. The van der Waals surface area contributed by atoms with Crippen LogP contribution >= 0.6 is 11.3 Å². The lowest BCUT2D eigenvalue weighted by Crippen LogP contribution is -2.39. The number of anilines is 1. The van der Waals surface area contributed by atoms with Crippen LogP contribution in [-0.4, -0.2) is 53.4 Å². The standard InChI is InChI=1S/C16H23N5O3S2/c1-11(2)26(23,24)21-6-4-13-14(9-21)25-16(18-13)19-15(22)7-12-3-5-20(8-12)10-17/h11-12H,3-9H2,1-2H3,(H,18,19,22)/t12-/m1/s1. The van der Waals surface area contributed by atoms with Gasteiger partial charge < -0.3 is 10.2 Å². The zero-order chi connectivity index (χ0) is 18.9. The van der Waals surface area contributed by atoms with E-state index in [1.807, 2.05) is 0 Å². The topological polar surface area (TPSA) is 106 Å². The lowest BCUT2D eigenvalue weighted by molar-refractivity contribution is -0.117. The zero-order valence-corrected chi connectivity index (χ0v) is 16.6. The number of nitrogens with zero attached hydrogens (tertiary/aromatic N) is 4. The number of hydrogen-bond acceptors (Lipinski definition) is 7. The van der Waals surface area contributed by atoms with E-state index in [1.165, 1.54) is 15.6 Å². The van der Waals surface area contributed by atoms with Crippen LogP contribution in [0, 0.1) is 17.4 Å². The minimum atomic E-state index is -3.29. The Morgan fingerprint density at radius 1 is 1.46 bits per heavy atom. The number of sulfonamides is 1. The summed E-state index contributed by atoms with van der Waals surface area (Å²) in [6.07, 6.45) is 3.89. The maximum Gasteiger partial charge on any atom is 0.226 e. The van der Waals surface area contributed by atoms with E-state index in [4.69, 9.17) is 5.26 Å². The van der Waals surface area contributed by atoms with Crippen LogP contribution < -0.4 is 5.32 Å². The van der Waals surface area contributed by atoms with E-state index < -0.39 is 15.3 Å². The monoisotopic (exact) mass is 397 g/mol. The third-order valence-electron chi connectivity index (χ3n) is 4.80. The van der Waals surface area contributed by atoms with E-state index in [1.54, 1.807) is 18.7 Å². The van der Waals surface area contributed by atoms with Crippen molar-refractivity contribution in [1.82, 2.24) is 14.2 Å². The third-order valence-corrected chi connectivity index (χ3v) is 8.02. The molecule has 10 heteroatoms. The molecule has 0 spiro atoms. The Morgan fingerprint density at radius 3 is 2.88 bits per heavy atom. The van der Waals surface area contributed by atoms with Gasteiger partial charge in [-0.25, -0.2) is 13.4 Å². The maximum absolute atomic E-state index is 12.3. The van der Waals surface area contributed by atoms with Crippen LogP contribution in [0.5, 0.6) is 0 Å². The summed E-state index contributed by atoms with van der Waals surface area (Å²) in [5, 5.41) is 11.8. The van der Waals surface area contributed by atoms with Crippen LogP contribution in [0.2, 0.25) is 0 Å². The molecule has 1 fully saturated rings. The molecular weight excluding hydrogens is 374 g/mol. The van der Waals surface area contributed by atoms with Crippen molar-refractivity contribution in [2.75, 3.05) is 25.0 Å². The van der Waals surface area contributed by atoms with Gasteiger partial charge >= 0.3 is 0 Å². The summed E-state index contributed by atoms with van der Waals surface area (Å²) < 4.78 is 26.2. The molecule has 1 aromatic heterocycles. The molecule has 26 heavy (non-hydrogen) atoms. The molecule has 0 unspecified atom stereocenters. The molecule has 0 aliphatic carbocycles. The number of fused-ring (bicyclic) bond motifs is 1. The number of nitriles is 1. The summed E-state index contributed by atoms with van der Waals surface area (Å²) in [6.45, 7) is 5.44. The van der Waals surface area contributed by atoms with Crippen LogP contribution in [0.15, 0.2) is 0 Å². The zero-order valence-electron chi connectivity index (χ0n) is 14.9. The van der Waals surface area contributed by atoms with Crippen LogP contribution in [-0.2, 0) is 27.8 Å². The second kappa shape index (κ2) is 7.50. The lowest BCUT2D eigenvalue weighted by Gasteiger charge is -2.26. The summed E-state index contributed by atoms with van der Waals surface area (Å²) in [6, 6.07) is 0. The van der Waals surface area contributed by atoms with Crippen molar-refractivity contribution >= 4 is 32.4 Å². The highest BCUT2D eigenvalue weighted by Gasteiger charge is 2.31. The number of amides is 1. The first-order valence-corrected chi connectivity index (χ1v) is 11.0. The summed E-state index contributed by atoms with van der Waals surface area (Å²) >= 11 is 1.35. The van der Waals surface area contributed by atoms with Crippen molar-refractivity contribution in [3.8, 4) is 6.19 Å². The number of nitrogens with one attached hydrogen (secondary N) is 1. The molecule has 3 rings (SSSR count). The van der Waals surface area contributed by atoms with Gasteiger partial charge in [-0.3, -0.25) is 4.79 Å². The van der Waals surface area contributed by atoms with E-state index in [9.17, 15) is 13.2 Å². The van der Waals surface area contributed by atoms with Crippen LogP contribution in [0.25, 0.3) is 0 Å². The predicted molar refractivity (Wildman–Crippen MR) is 98.8 cm³/mol. The fourth-order valence-corrected chi connectivity index (χ4v) is 5.64. The van der Waals surface area contributed by atoms with E-state index in [2.05, 4.69) is 16.5 Å². The minimum Gasteiger partial charge on any atom is -0.310 e. The molecule has 8 nitrogen and oxygen atoms in total. The molecule has 3 heterocycles. The van der Waals surface area contributed by atoms with Gasteiger partial charge in [0.2, 0.25) is 15.9 Å². The lowest BCUT2D eigenvalue weighted by atomic mass is 10.1. The van der Waals surface area contributed by atoms with Crippen LogP contribution in [0.1, 0.15) is 37.3 Å². The van der Waals surface area contributed by atoms with E-state index >= 15 is 0 Å². The molecule has 0 aromatic carbocycles. The number of thiazole rings is 1. The van der Waals surface area contributed by atoms with Gasteiger partial charge in [-0.15, -0.1) is 11.3 Å². The van der Waals surface area contributed by atoms with Crippen LogP contribution in [0.4, 0.5) is 5.13 Å². The van der Waals surface area contributed by atoms with Gasteiger partial charge in [0.1, 0.15) is 0 Å². The first-order valence-electron chi connectivity index (χ1n) is 8.71. The largest absolute Gasteiger partial charge is 0.310 e. The predicted octanol–water partition coefficient (Wildman–Crippen LogP) is 1.37. The van der Waals surface area contributed by atoms with Gasteiger partial charge in [0, 0.05) is 43.9 Å². The molecule has 1 saturated heterocycles. The van der Waals surface area contributed by atoms with Gasteiger partial charge in [-0.1, -0.05) is 0 Å². The fourth-order valence-electron chi connectivity index (χ4n) is 3.26. The third kappa shape index (κ3) is 4.00. The van der Waals surface area contributed by atoms with Gasteiger partial charge in [0.15, 0.2) is 11.3 Å². The fraction of sp³-hybridized carbons (Fsp3) is 0.688. The maximum atomic E-state index is 12.3. The summed E-state index contributed by atoms with van der Waals surface area (Å²) in [5.41, 5.74) is 0.872. The Hall–Kier alpha value is -1.70. The highest BCUT2D eigenvalue weighted by molar-refractivity contribution is 7.89. The van der Waals surface area contributed by atoms with Crippen molar-refractivity contribution in [3.05, 3.63) is 10.6 Å². The average Bonchev–Trinajstić information content (AvgIpc) is 3.19. The highest BCUT2D eigenvalue weighted by Crippen LogP contribution is 2.30. The van der Waals surface area contributed by atoms with Gasteiger partial charge in [-0.2, -0.15) is 9.57 Å².